The number of aryl methyl sites for hydroxylation is 1. The van der Waals surface area contributed by atoms with Gasteiger partial charge in [0.05, 0.1) is 28.5 Å². The Morgan fingerprint density at radius 1 is 1.03 bits per heavy atom. The molecule has 0 aliphatic carbocycles. The van der Waals surface area contributed by atoms with Crippen LogP contribution in [0, 0.1) is 5.82 Å². The molecule has 2 aliphatic rings. The summed E-state index contributed by atoms with van der Waals surface area (Å²) in [7, 11) is 0. The summed E-state index contributed by atoms with van der Waals surface area (Å²) in [6.45, 7) is 5.94. The van der Waals surface area contributed by atoms with Gasteiger partial charge < -0.3 is 4.90 Å². The third-order valence-corrected chi connectivity index (χ3v) is 7.56. The molecule has 34 heavy (non-hydrogen) atoms. The Bertz CT molecular complexity index is 1410. The van der Waals surface area contributed by atoms with Gasteiger partial charge in [0.2, 0.25) is 5.91 Å². The van der Waals surface area contributed by atoms with Crippen molar-refractivity contribution in [3.05, 3.63) is 78.1 Å². The van der Waals surface area contributed by atoms with Crippen LogP contribution in [0.25, 0.3) is 22.2 Å². The quantitative estimate of drug-likeness (QED) is 0.457. The van der Waals surface area contributed by atoms with Crippen molar-refractivity contribution < 1.29 is 9.18 Å². The second-order valence-corrected chi connectivity index (χ2v) is 10.0. The highest BCUT2D eigenvalue weighted by Gasteiger charge is 2.49. The van der Waals surface area contributed by atoms with E-state index in [1.165, 1.54) is 18.0 Å². The van der Waals surface area contributed by atoms with Gasteiger partial charge in [-0.15, -0.1) is 0 Å². The third-order valence-electron chi connectivity index (χ3n) is 7.56. The van der Waals surface area contributed by atoms with Gasteiger partial charge >= 0.3 is 0 Å². The maximum Gasteiger partial charge on any atom is 0.234 e. The van der Waals surface area contributed by atoms with Crippen LogP contribution in [0.3, 0.4) is 0 Å². The lowest BCUT2D eigenvalue weighted by Crippen LogP contribution is -2.44. The molecule has 1 aromatic carbocycles. The van der Waals surface area contributed by atoms with Crippen molar-refractivity contribution >= 4 is 16.8 Å². The number of likely N-dealkylation sites (tertiary alicyclic amines) is 1. The highest BCUT2D eigenvalue weighted by Crippen LogP contribution is 2.44. The number of halogens is 1. The molecule has 6 nitrogen and oxygen atoms in total. The molecular weight excluding hydrogens is 429 g/mol. The minimum atomic E-state index is -0.819. The summed E-state index contributed by atoms with van der Waals surface area (Å²) in [6.07, 6.45) is 4.95. The minimum absolute atomic E-state index is 0.0281. The Labute approximate surface area is 197 Å². The van der Waals surface area contributed by atoms with Crippen LogP contribution in [0.2, 0.25) is 0 Å². The molecule has 0 radical (unpaired) electrons. The third kappa shape index (κ3) is 3.22. The molecule has 7 heteroatoms. The molecule has 1 atom stereocenters. The summed E-state index contributed by atoms with van der Waals surface area (Å²) >= 11 is 0. The zero-order valence-corrected chi connectivity index (χ0v) is 19.3. The van der Waals surface area contributed by atoms with E-state index >= 15 is 0 Å². The largest absolute Gasteiger partial charge is 0.341 e. The summed E-state index contributed by atoms with van der Waals surface area (Å²) in [4.78, 5) is 24.2. The van der Waals surface area contributed by atoms with Crippen molar-refractivity contribution in [2.75, 3.05) is 13.1 Å². The van der Waals surface area contributed by atoms with E-state index in [4.69, 9.17) is 5.10 Å². The Morgan fingerprint density at radius 3 is 2.68 bits per heavy atom. The summed E-state index contributed by atoms with van der Waals surface area (Å²) in [6, 6.07) is 15.4. The van der Waals surface area contributed by atoms with Crippen molar-refractivity contribution in [1.82, 2.24) is 24.6 Å². The van der Waals surface area contributed by atoms with Gasteiger partial charge in [-0.3, -0.25) is 19.4 Å². The first kappa shape index (κ1) is 21.0. The zero-order chi connectivity index (χ0) is 23.5. The van der Waals surface area contributed by atoms with Gasteiger partial charge in [-0.1, -0.05) is 18.2 Å². The van der Waals surface area contributed by atoms with Crippen molar-refractivity contribution in [3.63, 3.8) is 0 Å². The lowest BCUT2D eigenvalue weighted by Gasteiger charge is -2.30. The molecule has 5 heterocycles. The van der Waals surface area contributed by atoms with E-state index in [0.29, 0.717) is 18.8 Å². The molecule has 0 bridgehead atoms. The van der Waals surface area contributed by atoms with Crippen molar-refractivity contribution in [1.29, 1.82) is 0 Å². The number of hydrogen-bond acceptors (Lipinski definition) is 4. The average molecular weight is 456 g/mol. The van der Waals surface area contributed by atoms with E-state index in [9.17, 15) is 9.18 Å². The van der Waals surface area contributed by atoms with E-state index in [2.05, 4.69) is 32.8 Å². The standard InChI is InChI=1S/C27H26FN5O/c1-26(2,23-8-7-20(28)16-30-23)25(34)32-11-9-27(17-32)10-12-33-24(27)14-22(31-33)19-13-18-5-3-4-6-21(18)29-15-19/h3-8,13-16H,9-12,17H2,1-2H3. The number of hydrogen-bond donors (Lipinski definition) is 0. The Hall–Kier alpha value is -3.61. The molecule has 172 valence electrons. The number of amides is 1. The van der Waals surface area contributed by atoms with E-state index in [1.807, 2.05) is 43.1 Å². The van der Waals surface area contributed by atoms with Gasteiger partial charge in [-0.2, -0.15) is 5.10 Å². The van der Waals surface area contributed by atoms with Crippen LogP contribution >= 0.6 is 0 Å². The Morgan fingerprint density at radius 2 is 1.85 bits per heavy atom. The highest BCUT2D eigenvalue weighted by molar-refractivity contribution is 5.87. The lowest BCUT2D eigenvalue weighted by atomic mass is 9.82. The molecule has 1 unspecified atom stereocenters. The number of carbonyl (C=O) groups excluding carboxylic acids is 1. The fourth-order valence-electron chi connectivity index (χ4n) is 5.52. The first-order valence-electron chi connectivity index (χ1n) is 11.7. The van der Waals surface area contributed by atoms with Gasteiger partial charge in [0.1, 0.15) is 5.82 Å². The molecular formula is C27H26FN5O. The fraction of sp³-hybridized carbons (Fsp3) is 0.333. The molecule has 1 saturated heterocycles. The maximum atomic E-state index is 13.5. The first-order valence-corrected chi connectivity index (χ1v) is 11.7. The summed E-state index contributed by atoms with van der Waals surface area (Å²) in [5.74, 6) is -0.371. The number of fused-ring (bicyclic) bond motifs is 3. The second-order valence-electron chi connectivity index (χ2n) is 10.0. The summed E-state index contributed by atoms with van der Waals surface area (Å²) in [5.41, 5.74) is 3.78. The topological polar surface area (TPSA) is 63.9 Å². The molecule has 6 rings (SSSR count). The first-order chi connectivity index (χ1) is 16.4. The molecule has 4 aromatic rings. The number of rotatable bonds is 3. The fourth-order valence-corrected chi connectivity index (χ4v) is 5.52. The lowest BCUT2D eigenvalue weighted by molar-refractivity contribution is -0.135. The molecule has 1 fully saturated rings. The number of para-hydroxylation sites is 1. The van der Waals surface area contributed by atoms with Crippen LogP contribution in [0.5, 0.6) is 0 Å². The van der Waals surface area contributed by atoms with Crippen LogP contribution in [0.1, 0.15) is 38.1 Å². The number of nitrogens with zero attached hydrogens (tertiary/aromatic N) is 5. The van der Waals surface area contributed by atoms with E-state index < -0.39 is 11.2 Å². The van der Waals surface area contributed by atoms with E-state index in [1.54, 1.807) is 6.07 Å². The van der Waals surface area contributed by atoms with Gasteiger partial charge in [0, 0.05) is 47.9 Å². The van der Waals surface area contributed by atoms with Crippen molar-refractivity contribution in [3.8, 4) is 11.3 Å². The maximum absolute atomic E-state index is 13.5. The Kier molecular flexibility index (Phi) is 4.59. The monoisotopic (exact) mass is 455 g/mol. The molecule has 1 amide bonds. The van der Waals surface area contributed by atoms with Crippen LogP contribution in [0.4, 0.5) is 4.39 Å². The SMILES string of the molecule is CC(C)(C(=O)N1CCC2(CCn3nc(-c4cnc5ccccc5c4)cc32)C1)c1ccc(F)cn1. The van der Waals surface area contributed by atoms with Gasteiger partial charge in [0.15, 0.2) is 0 Å². The van der Waals surface area contributed by atoms with Gasteiger partial charge in [0.25, 0.3) is 0 Å². The number of benzene rings is 1. The smallest absolute Gasteiger partial charge is 0.234 e. The van der Waals surface area contributed by atoms with Crippen LogP contribution in [0.15, 0.2) is 60.9 Å². The normalized spacial score (nSPS) is 19.8. The second kappa shape index (κ2) is 7.45. The summed E-state index contributed by atoms with van der Waals surface area (Å²) < 4.78 is 15.5. The molecule has 0 saturated carbocycles. The van der Waals surface area contributed by atoms with Crippen molar-refractivity contribution in [2.45, 2.75) is 44.1 Å². The van der Waals surface area contributed by atoms with Crippen LogP contribution in [-0.2, 0) is 22.2 Å². The van der Waals surface area contributed by atoms with Crippen molar-refractivity contribution in [2.24, 2.45) is 0 Å². The average Bonchev–Trinajstić information content (AvgIpc) is 3.55. The Balaban J connectivity index is 1.27. The molecule has 0 N–H and O–H groups in total. The van der Waals surface area contributed by atoms with Crippen LogP contribution < -0.4 is 0 Å². The number of pyridine rings is 2. The van der Waals surface area contributed by atoms with E-state index in [-0.39, 0.29) is 11.3 Å². The zero-order valence-electron chi connectivity index (χ0n) is 19.3. The number of aromatic nitrogens is 4. The highest BCUT2D eigenvalue weighted by atomic mass is 19.1. The predicted octanol–water partition coefficient (Wildman–Crippen LogP) is 4.48. The number of carbonyl (C=O) groups is 1. The van der Waals surface area contributed by atoms with Crippen LogP contribution in [-0.4, -0.2) is 43.6 Å². The molecule has 3 aromatic heterocycles. The summed E-state index contributed by atoms with van der Waals surface area (Å²) in [5, 5.41) is 5.98. The predicted molar refractivity (Wildman–Crippen MR) is 128 cm³/mol. The molecule has 2 aliphatic heterocycles. The minimum Gasteiger partial charge on any atom is -0.341 e. The van der Waals surface area contributed by atoms with Gasteiger partial charge in [-0.25, -0.2) is 4.39 Å². The van der Waals surface area contributed by atoms with Gasteiger partial charge in [-0.05, 0) is 57.0 Å². The molecule has 1 spiro atoms. The van der Waals surface area contributed by atoms with E-state index in [0.717, 1.165) is 41.5 Å².